The standard InChI is InChI=1S/C17H15ClN2O2/c18-14-4-5-19-15-11-16(22-17(14)15)12-2-1-3-13(10-12)20-6-8-21-9-7-20/h1-5,10-11H,6-9H2. The zero-order valence-electron chi connectivity index (χ0n) is 12.0. The molecule has 112 valence electrons. The Morgan fingerprint density at radius 1 is 1.09 bits per heavy atom. The van der Waals surface area contributed by atoms with Crippen molar-refractivity contribution in [3.8, 4) is 11.3 Å². The van der Waals surface area contributed by atoms with Crippen molar-refractivity contribution in [1.82, 2.24) is 4.98 Å². The van der Waals surface area contributed by atoms with Crippen molar-refractivity contribution in [2.45, 2.75) is 0 Å². The maximum Gasteiger partial charge on any atom is 0.171 e. The summed E-state index contributed by atoms with van der Waals surface area (Å²) in [5.41, 5.74) is 3.62. The zero-order chi connectivity index (χ0) is 14.9. The lowest BCUT2D eigenvalue weighted by Crippen LogP contribution is -2.36. The number of halogens is 1. The van der Waals surface area contributed by atoms with Crippen molar-refractivity contribution in [2.75, 3.05) is 31.2 Å². The third-order valence-electron chi connectivity index (χ3n) is 3.87. The molecule has 1 saturated heterocycles. The van der Waals surface area contributed by atoms with Crippen LogP contribution in [0.5, 0.6) is 0 Å². The largest absolute Gasteiger partial charge is 0.453 e. The number of benzene rings is 1. The molecule has 0 atom stereocenters. The highest BCUT2D eigenvalue weighted by Crippen LogP contribution is 2.32. The van der Waals surface area contributed by atoms with Gasteiger partial charge in [-0.05, 0) is 18.2 Å². The van der Waals surface area contributed by atoms with E-state index in [1.807, 2.05) is 18.2 Å². The number of fused-ring (bicyclic) bond motifs is 1. The number of aromatic nitrogens is 1. The van der Waals surface area contributed by atoms with E-state index >= 15 is 0 Å². The Balaban J connectivity index is 1.73. The molecule has 2 aromatic heterocycles. The molecule has 1 aromatic carbocycles. The van der Waals surface area contributed by atoms with Gasteiger partial charge in [0.1, 0.15) is 11.3 Å². The first-order chi connectivity index (χ1) is 10.8. The Morgan fingerprint density at radius 3 is 2.77 bits per heavy atom. The van der Waals surface area contributed by atoms with E-state index in [4.69, 9.17) is 20.8 Å². The van der Waals surface area contributed by atoms with Crippen LogP contribution in [0.15, 0.2) is 47.0 Å². The van der Waals surface area contributed by atoms with Gasteiger partial charge in [-0.25, -0.2) is 0 Å². The second kappa shape index (κ2) is 5.63. The molecule has 0 amide bonds. The maximum atomic E-state index is 6.15. The van der Waals surface area contributed by atoms with E-state index in [1.165, 1.54) is 5.69 Å². The molecule has 0 radical (unpaired) electrons. The summed E-state index contributed by atoms with van der Waals surface area (Å²) >= 11 is 6.15. The smallest absolute Gasteiger partial charge is 0.171 e. The number of ether oxygens (including phenoxy) is 1. The summed E-state index contributed by atoms with van der Waals surface area (Å²) in [7, 11) is 0. The maximum absolute atomic E-state index is 6.15. The molecule has 22 heavy (non-hydrogen) atoms. The van der Waals surface area contributed by atoms with Gasteiger partial charge in [0.2, 0.25) is 0 Å². The van der Waals surface area contributed by atoms with Crippen LogP contribution >= 0.6 is 11.6 Å². The summed E-state index contributed by atoms with van der Waals surface area (Å²) in [5.74, 6) is 0.783. The number of hydrogen-bond donors (Lipinski definition) is 0. The van der Waals surface area contributed by atoms with Crippen molar-refractivity contribution in [1.29, 1.82) is 0 Å². The molecular formula is C17H15ClN2O2. The van der Waals surface area contributed by atoms with Crippen LogP contribution in [0, 0.1) is 0 Å². The Hall–Kier alpha value is -2.04. The highest BCUT2D eigenvalue weighted by atomic mass is 35.5. The second-order valence-electron chi connectivity index (χ2n) is 5.27. The van der Waals surface area contributed by atoms with Crippen LogP contribution < -0.4 is 4.90 Å². The van der Waals surface area contributed by atoms with E-state index < -0.39 is 0 Å². The first kappa shape index (κ1) is 13.6. The van der Waals surface area contributed by atoms with Crippen molar-refractivity contribution in [3.63, 3.8) is 0 Å². The molecule has 1 aliphatic heterocycles. The molecule has 1 aliphatic rings. The SMILES string of the molecule is Clc1ccnc2cc(-c3cccc(N4CCOCC4)c3)oc12. The summed E-state index contributed by atoms with van der Waals surface area (Å²) in [6, 6.07) is 12.0. The molecule has 4 rings (SSSR count). The highest BCUT2D eigenvalue weighted by Gasteiger charge is 2.14. The molecule has 0 saturated carbocycles. The molecular weight excluding hydrogens is 300 g/mol. The van der Waals surface area contributed by atoms with E-state index in [-0.39, 0.29) is 0 Å². The fourth-order valence-electron chi connectivity index (χ4n) is 2.73. The van der Waals surface area contributed by atoms with Crippen LogP contribution in [0.25, 0.3) is 22.4 Å². The van der Waals surface area contributed by atoms with Crippen molar-refractivity contribution in [2.24, 2.45) is 0 Å². The number of pyridine rings is 1. The van der Waals surface area contributed by atoms with E-state index in [0.717, 1.165) is 43.1 Å². The van der Waals surface area contributed by atoms with Crippen molar-refractivity contribution < 1.29 is 9.15 Å². The number of nitrogens with zero attached hydrogens (tertiary/aromatic N) is 2. The van der Waals surface area contributed by atoms with Gasteiger partial charge in [0.15, 0.2) is 5.58 Å². The zero-order valence-corrected chi connectivity index (χ0v) is 12.7. The first-order valence-corrected chi connectivity index (χ1v) is 7.66. The van der Waals surface area contributed by atoms with E-state index in [0.29, 0.717) is 10.6 Å². The molecule has 0 aliphatic carbocycles. The summed E-state index contributed by atoms with van der Waals surface area (Å²) in [6.07, 6.45) is 1.69. The number of anilines is 1. The van der Waals surface area contributed by atoms with Crippen LogP contribution in [-0.4, -0.2) is 31.3 Å². The average Bonchev–Trinajstić information content (AvgIpc) is 3.02. The summed E-state index contributed by atoms with van der Waals surface area (Å²) < 4.78 is 11.3. The Kier molecular flexibility index (Phi) is 3.48. The lowest BCUT2D eigenvalue weighted by Gasteiger charge is -2.29. The fraction of sp³-hybridized carbons (Fsp3) is 0.235. The van der Waals surface area contributed by atoms with Gasteiger partial charge < -0.3 is 14.1 Å². The third kappa shape index (κ3) is 2.45. The molecule has 3 heterocycles. The summed E-state index contributed by atoms with van der Waals surface area (Å²) in [6.45, 7) is 3.37. The Labute approximate surface area is 133 Å². The van der Waals surface area contributed by atoms with E-state index in [1.54, 1.807) is 12.3 Å². The van der Waals surface area contributed by atoms with Crippen LogP contribution in [0.4, 0.5) is 5.69 Å². The minimum atomic E-state index is 0.584. The molecule has 4 nitrogen and oxygen atoms in total. The van der Waals surface area contributed by atoms with Crippen molar-refractivity contribution >= 4 is 28.4 Å². The molecule has 0 unspecified atom stereocenters. The fourth-order valence-corrected chi connectivity index (χ4v) is 2.92. The van der Waals surface area contributed by atoms with Gasteiger partial charge >= 0.3 is 0 Å². The monoisotopic (exact) mass is 314 g/mol. The van der Waals surface area contributed by atoms with Crippen LogP contribution in [-0.2, 0) is 4.74 Å². The number of rotatable bonds is 2. The second-order valence-corrected chi connectivity index (χ2v) is 5.67. The lowest BCUT2D eigenvalue weighted by atomic mass is 10.1. The molecule has 0 N–H and O–H groups in total. The number of morpholine rings is 1. The van der Waals surface area contributed by atoms with Gasteiger partial charge in [-0.3, -0.25) is 4.98 Å². The van der Waals surface area contributed by atoms with E-state index in [2.05, 4.69) is 22.0 Å². The van der Waals surface area contributed by atoms with Gasteiger partial charge in [-0.15, -0.1) is 0 Å². The number of furan rings is 1. The Morgan fingerprint density at radius 2 is 1.95 bits per heavy atom. The van der Waals surface area contributed by atoms with Crippen LogP contribution in [0.3, 0.4) is 0 Å². The van der Waals surface area contributed by atoms with Gasteiger partial charge in [0.05, 0.1) is 18.2 Å². The van der Waals surface area contributed by atoms with E-state index in [9.17, 15) is 0 Å². The first-order valence-electron chi connectivity index (χ1n) is 7.28. The lowest BCUT2D eigenvalue weighted by molar-refractivity contribution is 0.122. The Bertz CT molecular complexity index is 809. The predicted octanol–water partition coefficient (Wildman–Crippen LogP) is 3.98. The average molecular weight is 315 g/mol. The normalized spacial score (nSPS) is 15.4. The molecule has 1 fully saturated rings. The molecule has 0 bridgehead atoms. The quantitative estimate of drug-likeness (QED) is 0.717. The van der Waals surface area contributed by atoms with Gasteiger partial charge in [-0.2, -0.15) is 0 Å². The minimum Gasteiger partial charge on any atom is -0.453 e. The van der Waals surface area contributed by atoms with Crippen molar-refractivity contribution in [3.05, 3.63) is 47.6 Å². The van der Waals surface area contributed by atoms with Gasteiger partial charge in [-0.1, -0.05) is 23.7 Å². The van der Waals surface area contributed by atoms with Crippen LogP contribution in [0.2, 0.25) is 5.02 Å². The van der Waals surface area contributed by atoms with Crippen LogP contribution in [0.1, 0.15) is 0 Å². The third-order valence-corrected chi connectivity index (χ3v) is 4.17. The van der Waals surface area contributed by atoms with Gasteiger partial charge in [0.25, 0.3) is 0 Å². The highest BCUT2D eigenvalue weighted by molar-refractivity contribution is 6.34. The van der Waals surface area contributed by atoms with Gasteiger partial charge in [0, 0.05) is 36.6 Å². The predicted molar refractivity (Wildman–Crippen MR) is 87.5 cm³/mol. The molecule has 5 heteroatoms. The topological polar surface area (TPSA) is 38.5 Å². The molecule has 3 aromatic rings. The minimum absolute atomic E-state index is 0.584. The summed E-state index contributed by atoms with van der Waals surface area (Å²) in [5, 5.41) is 0.584. The number of hydrogen-bond acceptors (Lipinski definition) is 4. The molecule has 0 spiro atoms. The summed E-state index contributed by atoms with van der Waals surface area (Å²) in [4.78, 5) is 6.62.